The Morgan fingerprint density at radius 2 is 1.59 bits per heavy atom. The Hall–Kier alpha value is -3.81. The van der Waals surface area contributed by atoms with Crippen molar-refractivity contribution in [3.63, 3.8) is 0 Å². The molecule has 4 aromatic rings. The zero-order valence-electron chi connectivity index (χ0n) is 21.6. The van der Waals surface area contributed by atoms with Crippen LogP contribution in [0.4, 0.5) is 8.78 Å². The number of aliphatic hydroxyl groups excluding tert-OH is 1. The molecule has 1 aliphatic heterocycles. The summed E-state index contributed by atoms with van der Waals surface area (Å²) >= 11 is 0. The SMILES string of the molecule is COC(c1ccc(F)cc1)(c1ccc(F)cc1)N1CCN(CC(O)COc2cccc3[nH]c(C#N)cc23)CC1. The molecule has 0 saturated carbocycles. The fourth-order valence-corrected chi connectivity index (χ4v) is 5.34. The second-order valence-electron chi connectivity index (χ2n) is 9.63. The van der Waals surface area contributed by atoms with Crippen LogP contribution >= 0.6 is 0 Å². The second kappa shape index (κ2) is 11.5. The summed E-state index contributed by atoms with van der Waals surface area (Å²) in [5.41, 5.74) is 1.73. The normalized spacial score (nSPS) is 15.8. The number of H-pyrrole nitrogens is 1. The van der Waals surface area contributed by atoms with E-state index in [4.69, 9.17) is 14.7 Å². The molecule has 1 aromatic heterocycles. The van der Waals surface area contributed by atoms with Crippen LogP contribution in [0.15, 0.2) is 72.8 Å². The van der Waals surface area contributed by atoms with Crippen LogP contribution in [0.5, 0.6) is 5.75 Å². The van der Waals surface area contributed by atoms with Gasteiger partial charge in [0.25, 0.3) is 0 Å². The molecule has 0 radical (unpaired) electrons. The van der Waals surface area contributed by atoms with Crippen molar-refractivity contribution in [3.8, 4) is 11.8 Å². The van der Waals surface area contributed by atoms with Gasteiger partial charge in [0.2, 0.25) is 0 Å². The van der Waals surface area contributed by atoms with Crippen molar-refractivity contribution in [2.45, 2.75) is 11.8 Å². The molecule has 7 nitrogen and oxygen atoms in total. The first-order valence-corrected chi connectivity index (χ1v) is 12.8. The van der Waals surface area contributed by atoms with Gasteiger partial charge in [0.15, 0.2) is 5.72 Å². The molecule has 1 saturated heterocycles. The van der Waals surface area contributed by atoms with E-state index in [1.54, 1.807) is 37.4 Å². The topological polar surface area (TPSA) is 84.8 Å². The maximum Gasteiger partial charge on any atom is 0.173 e. The first-order chi connectivity index (χ1) is 18.9. The number of aromatic amines is 1. The van der Waals surface area contributed by atoms with E-state index in [0.717, 1.165) is 22.0 Å². The van der Waals surface area contributed by atoms with E-state index in [1.165, 1.54) is 24.3 Å². The minimum Gasteiger partial charge on any atom is -0.490 e. The van der Waals surface area contributed by atoms with Crippen molar-refractivity contribution >= 4 is 10.9 Å². The molecule has 5 rings (SSSR count). The molecular formula is C30H30F2N4O3. The summed E-state index contributed by atoms with van der Waals surface area (Å²) < 4.78 is 39.6. The summed E-state index contributed by atoms with van der Waals surface area (Å²) in [6.45, 7) is 3.06. The van der Waals surface area contributed by atoms with E-state index in [-0.39, 0.29) is 18.2 Å². The van der Waals surface area contributed by atoms with Gasteiger partial charge in [0, 0.05) is 56.3 Å². The predicted molar refractivity (Wildman–Crippen MR) is 143 cm³/mol. The lowest BCUT2D eigenvalue weighted by molar-refractivity contribution is -0.128. The van der Waals surface area contributed by atoms with Gasteiger partial charge in [0.05, 0.1) is 5.52 Å². The number of hydrogen-bond donors (Lipinski definition) is 2. The number of ether oxygens (including phenoxy) is 2. The third-order valence-corrected chi connectivity index (χ3v) is 7.23. The summed E-state index contributed by atoms with van der Waals surface area (Å²) in [5.74, 6) is -0.0816. The molecule has 1 fully saturated rings. The molecule has 202 valence electrons. The van der Waals surface area contributed by atoms with Crippen LogP contribution in [-0.2, 0) is 10.5 Å². The zero-order chi connectivity index (χ0) is 27.4. The van der Waals surface area contributed by atoms with E-state index in [0.29, 0.717) is 44.2 Å². The number of methoxy groups -OCH3 is 1. The van der Waals surface area contributed by atoms with Gasteiger partial charge in [-0.2, -0.15) is 5.26 Å². The molecule has 0 aliphatic carbocycles. The summed E-state index contributed by atoms with van der Waals surface area (Å²) in [4.78, 5) is 7.34. The molecule has 0 bridgehead atoms. The molecule has 39 heavy (non-hydrogen) atoms. The number of nitriles is 1. The van der Waals surface area contributed by atoms with Crippen molar-refractivity contribution in [3.05, 3.63) is 101 Å². The average molecular weight is 533 g/mol. The summed E-state index contributed by atoms with van der Waals surface area (Å²) in [7, 11) is 1.60. The van der Waals surface area contributed by atoms with Gasteiger partial charge in [-0.15, -0.1) is 0 Å². The lowest BCUT2D eigenvalue weighted by Crippen LogP contribution is -2.57. The van der Waals surface area contributed by atoms with Crippen molar-refractivity contribution in [2.75, 3.05) is 46.4 Å². The van der Waals surface area contributed by atoms with Crippen LogP contribution in [0.2, 0.25) is 0 Å². The molecule has 2 N–H and O–H groups in total. The van der Waals surface area contributed by atoms with Crippen LogP contribution in [0.3, 0.4) is 0 Å². The number of aliphatic hydroxyl groups is 1. The van der Waals surface area contributed by atoms with Gasteiger partial charge >= 0.3 is 0 Å². The van der Waals surface area contributed by atoms with E-state index in [1.807, 2.05) is 18.2 Å². The minimum absolute atomic E-state index is 0.111. The number of nitrogens with zero attached hydrogens (tertiary/aromatic N) is 3. The third kappa shape index (κ3) is 5.51. The Labute approximate surface area is 225 Å². The standard InChI is InChI=1S/C30H30F2N4O3/c1-38-30(21-5-9-23(31)10-6-21,22-7-11-24(32)12-8-22)36-15-13-35(14-16-36)19-26(37)20-39-29-4-2-3-28-27(29)17-25(18-33)34-28/h2-12,17,26,34,37H,13-16,19-20H2,1H3. The van der Waals surface area contributed by atoms with Gasteiger partial charge < -0.3 is 19.6 Å². The van der Waals surface area contributed by atoms with Crippen molar-refractivity contribution in [2.24, 2.45) is 0 Å². The van der Waals surface area contributed by atoms with Crippen LogP contribution in [0.25, 0.3) is 10.9 Å². The van der Waals surface area contributed by atoms with Crippen LogP contribution in [0.1, 0.15) is 16.8 Å². The van der Waals surface area contributed by atoms with Crippen LogP contribution in [-0.4, -0.2) is 72.4 Å². The average Bonchev–Trinajstić information content (AvgIpc) is 3.39. The molecule has 0 amide bonds. The first-order valence-electron chi connectivity index (χ1n) is 12.8. The lowest BCUT2D eigenvalue weighted by atomic mass is 9.91. The monoisotopic (exact) mass is 532 g/mol. The Morgan fingerprint density at radius 3 is 2.15 bits per heavy atom. The zero-order valence-corrected chi connectivity index (χ0v) is 21.6. The minimum atomic E-state index is -1.02. The number of piperazine rings is 1. The number of rotatable bonds is 9. The first kappa shape index (κ1) is 26.8. The van der Waals surface area contributed by atoms with E-state index in [2.05, 4.69) is 20.9 Å². The van der Waals surface area contributed by atoms with Gasteiger partial charge in [-0.1, -0.05) is 30.3 Å². The number of benzene rings is 3. The van der Waals surface area contributed by atoms with Crippen molar-refractivity contribution in [1.29, 1.82) is 5.26 Å². The third-order valence-electron chi connectivity index (χ3n) is 7.23. The number of aromatic nitrogens is 1. The highest BCUT2D eigenvalue weighted by atomic mass is 19.1. The van der Waals surface area contributed by atoms with E-state index >= 15 is 0 Å². The Morgan fingerprint density at radius 1 is 0.974 bits per heavy atom. The Balaban J connectivity index is 1.25. The molecular weight excluding hydrogens is 502 g/mol. The second-order valence-corrected chi connectivity index (χ2v) is 9.63. The van der Waals surface area contributed by atoms with Gasteiger partial charge in [-0.05, 0) is 42.5 Å². The van der Waals surface area contributed by atoms with Gasteiger partial charge in [-0.25, -0.2) is 8.78 Å². The summed E-state index contributed by atoms with van der Waals surface area (Å²) in [6.07, 6.45) is -0.720. The predicted octanol–water partition coefficient (Wildman–Crippen LogP) is 4.22. The largest absolute Gasteiger partial charge is 0.490 e. The maximum absolute atomic E-state index is 13.8. The molecule has 0 spiro atoms. The molecule has 2 heterocycles. The molecule has 3 aromatic carbocycles. The van der Waals surface area contributed by atoms with Gasteiger partial charge in [0.1, 0.15) is 41.9 Å². The quantitative estimate of drug-likeness (QED) is 0.336. The van der Waals surface area contributed by atoms with Crippen molar-refractivity contribution in [1.82, 2.24) is 14.8 Å². The smallest absolute Gasteiger partial charge is 0.173 e. The Kier molecular flexibility index (Phi) is 7.91. The highest BCUT2D eigenvalue weighted by molar-refractivity contribution is 5.87. The summed E-state index contributed by atoms with van der Waals surface area (Å²) in [6, 6.07) is 21.7. The van der Waals surface area contributed by atoms with E-state index < -0.39 is 11.8 Å². The van der Waals surface area contributed by atoms with Crippen LogP contribution in [0, 0.1) is 23.0 Å². The van der Waals surface area contributed by atoms with Gasteiger partial charge in [-0.3, -0.25) is 9.80 Å². The number of hydrogen-bond acceptors (Lipinski definition) is 6. The fourth-order valence-electron chi connectivity index (χ4n) is 5.34. The lowest BCUT2D eigenvalue weighted by Gasteiger charge is -2.47. The number of halogens is 2. The fraction of sp³-hybridized carbons (Fsp3) is 0.300. The highest BCUT2D eigenvalue weighted by Gasteiger charge is 2.42. The Bertz CT molecular complexity index is 1400. The van der Waals surface area contributed by atoms with Crippen LogP contribution < -0.4 is 4.74 Å². The highest BCUT2D eigenvalue weighted by Crippen LogP contribution is 2.38. The maximum atomic E-state index is 13.8. The summed E-state index contributed by atoms with van der Waals surface area (Å²) in [5, 5.41) is 20.7. The van der Waals surface area contributed by atoms with E-state index in [9.17, 15) is 13.9 Å². The number of fused-ring (bicyclic) bond motifs is 1. The number of β-amino-alcohol motifs (C(OH)–C–C–N with tert-alkyl or cyclic N) is 1. The number of nitrogens with one attached hydrogen (secondary N) is 1. The molecule has 9 heteroatoms. The molecule has 1 atom stereocenters. The molecule has 1 unspecified atom stereocenters. The molecule has 1 aliphatic rings. The van der Waals surface area contributed by atoms with Crippen molar-refractivity contribution < 1.29 is 23.4 Å².